The van der Waals surface area contributed by atoms with Crippen LogP contribution in [0.4, 0.5) is 0 Å². The molecule has 0 aliphatic heterocycles. The number of methoxy groups -OCH3 is 1. The van der Waals surface area contributed by atoms with E-state index in [1.54, 1.807) is 0 Å². The fraction of sp³-hybridized carbons (Fsp3) is 0.111. The minimum Gasteiger partial charge on any atom is -0.444 e. The van der Waals surface area contributed by atoms with Gasteiger partial charge < -0.3 is 9.72 Å². The molecule has 0 saturated heterocycles. The van der Waals surface area contributed by atoms with Crippen LogP contribution < -0.4 is 15.3 Å². The Morgan fingerprint density at radius 3 is 2.92 bits per heavy atom. The SMILES string of the molecule is COc1[nH+]c2ccccc2[nH]c1=O. The van der Waals surface area contributed by atoms with Gasteiger partial charge in [0.25, 0.3) is 0 Å². The van der Waals surface area contributed by atoms with Crippen LogP contribution in [-0.4, -0.2) is 12.1 Å². The Morgan fingerprint density at radius 2 is 2.15 bits per heavy atom. The summed E-state index contributed by atoms with van der Waals surface area (Å²) in [5.41, 5.74) is 1.37. The molecule has 0 bridgehead atoms. The number of H-pyrrole nitrogens is 2. The van der Waals surface area contributed by atoms with Gasteiger partial charge in [0.2, 0.25) is 5.52 Å². The third-order valence-electron chi connectivity index (χ3n) is 1.83. The fourth-order valence-corrected chi connectivity index (χ4v) is 1.20. The van der Waals surface area contributed by atoms with Crippen LogP contribution in [0.1, 0.15) is 0 Å². The van der Waals surface area contributed by atoms with E-state index in [9.17, 15) is 4.79 Å². The van der Waals surface area contributed by atoms with E-state index in [4.69, 9.17) is 4.74 Å². The molecular weight excluding hydrogens is 168 g/mol. The lowest BCUT2D eigenvalue weighted by molar-refractivity contribution is -0.363. The molecular formula is C9H9N2O2+. The van der Waals surface area contributed by atoms with Crippen molar-refractivity contribution in [2.45, 2.75) is 0 Å². The lowest BCUT2D eigenvalue weighted by Gasteiger charge is -1.93. The first-order valence-electron chi connectivity index (χ1n) is 3.89. The summed E-state index contributed by atoms with van der Waals surface area (Å²) in [6, 6.07) is 7.44. The number of rotatable bonds is 1. The molecule has 0 aliphatic carbocycles. The Balaban J connectivity index is 2.81. The topological polar surface area (TPSA) is 56.2 Å². The first-order valence-corrected chi connectivity index (χ1v) is 3.89. The van der Waals surface area contributed by atoms with Crippen molar-refractivity contribution < 1.29 is 9.72 Å². The molecule has 2 aromatic rings. The summed E-state index contributed by atoms with van der Waals surface area (Å²) in [6.07, 6.45) is 0. The molecule has 0 unspecified atom stereocenters. The molecule has 2 N–H and O–H groups in total. The van der Waals surface area contributed by atoms with E-state index in [1.807, 2.05) is 24.3 Å². The summed E-state index contributed by atoms with van der Waals surface area (Å²) in [5.74, 6) is 0.221. The number of aromatic amines is 2. The van der Waals surface area contributed by atoms with E-state index in [1.165, 1.54) is 7.11 Å². The molecule has 0 radical (unpaired) electrons. The smallest absolute Gasteiger partial charge is 0.433 e. The predicted molar refractivity (Wildman–Crippen MR) is 47.7 cm³/mol. The molecule has 0 atom stereocenters. The van der Waals surface area contributed by atoms with Crippen molar-refractivity contribution in [1.29, 1.82) is 0 Å². The van der Waals surface area contributed by atoms with E-state index in [0.717, 1.165) is 11.0 Å². The fourth-order valence-electron chi connectivity index (χ4n) is 1.20. The normalized spacial score (nSPS) is 10.2. The minimum atomic E-state index is -0.249. The average molecular weight is 177 g/mol. The number of nitrogens with one attached hydrogen (secondary N) is 2. The van der Waals surface area contributed by atoms with Gasteiger partial charge in [0.15, 0.2) is 0 Å². The molecule has 1 heterocycles. The molecule has 1 aromatic carbocycles. The maximum atomic E-state index is 11.3. The van der Waals surface area contributed by atoms with Gasteiger partial charge in [-0.05, 0) is 6.07 Å². The molecule has 2 rings (SSSR count). The van der Waals surface area contributed by atoms with Crippen LogP contribution >= 0.6 is 0 Å². The Labute approximate surface area is 74.2 Å². The van der Waals surface area contributed by atoms with Crippen molar-refractivity contribution in [2.75, 3.05) is 7.11 Å². The molecule has 1 aromatic heterocycles. The zero-order valence-corrected chi connectivity index (χ0v) is 7.13. The third kappa shape index (κ3) is 1.26. The van der Waals surface area contributed by atoms with Gasteiger partial charge >= 0.3 is 11.4 Å². The number of aromatic nitrogens is 2. The molecule has 4 heteroatoms. The number of ether oxygens (including phenoxy) is 1. The summed E-state index contributed by atoms with van der Waals surface area (Å²) in [5, 5.41) is 0. The third-order valence-corrected chi connectivity index (χ3v) is 1.83. The van der Waals surface area contributed by atoms with Crippen LogP contribution in [0.2, 0.25) is 0 Å². The van der Waals surface area contributed by atoms with Crippen molar-refractivity contribution in [3.05, 3.63) is 34.6 Å². The highest BCUT2D eigenvalue weighted by Gasteiger charge is 2.09. The number of benzene rings is 1. The second-order valence-electron chi connectivity index (χ2n) is 2.66. The van der Waals surface area contributed by atoms with Gasteiger partial charge in [-0.25, -0.2) is 0 Å². The summed E-state index contributed by atoms with van der Waals surface area (Å²) in [7, 11) is 1.45. The molecule has 13 heavy (non-hydrogen) atoms. The number of fused-ring (bicyclic) bond motifs is 1. The molecule has 0 aliphatic rings. The highest BCUT2D eigenvalue weighted by atomic mass is 16.5. The van der Waals surface area contributed by atoms with Crippen molar-refractivity contribution in [2.24, 2.45) is 0 Å². The second-order valence-corrected chi connectivity index (χ2v) is 2.66. The van der Waals surface area contributed by atoms with Crippen LogP contribution in [0.5, 0.6) is 5.88 Å². The predicted octanol–water partition coefficient (Wildman–Crippen LogP) is 0.351. The maximum Gasteiger partial charge on any atom is 0.433 e. The van der Waals surface area contributed by atoms with Crippen molar-refractivity contribution in [3.8, 4) is 5.88 Å². The van der Waals surface area contributed by atoms with Crippen molar-refractivity contribution in [3.63, 3.8) is 0 Å². The molecule has 66 valence electrons. The van der Waals surface area contributed by atoms with Crippen molar-refractivity contribution >= 4 is 11.0 Å². The Bertz CT molecular complexity index is 490. The van der Waals surface area contributed by atoms with Gasteiger partial charge in [-0.2, -0.15) is 4.98 Å². The first-order chi connectivity index (χ1) is 6.31. The van der Waals surface area contributed by atoms with E-state index in [-0.39, 0.29) is 11.4 Å². The largest absolute Gasteiger partial charge is 0.444 e. The Hall–Kier alpha value is -1.84. The minimum absolute atomic E-state index is 0.221. The molecule has 0 spiro atoms. The second kappa shape index (κ2) is 2.90. The van der Waals surface area contributed by atoms with Gasteiger partial charge in [-0.1, -0.05) is 12.1 Å². The average Bonchev–Trinajstić information content (AvgIpc) is 2.17. The summed E-state index contributed by atoms with van der Waals surface area (Å²) >= 11 is 0. The highest BCUT2D eigenvalue weighted by Crippen LogP contribution is 2.03. The lowest BCUT2D eigenvalue weighted by Crippen LogP contribution is -2.22. The van der Waals surface area contributed by atoms with Gasteiger partial charge in [-0.15, -0.1) is 0 Å². The number of hydrogen-bond acceptors (Lipinski definition) is 2. The van der Waals surface area contributed by atoms with Gasteiger partial charge in [-0.3, -0.25) is 4.79 Å². The Morgan fingerprint density at radius 1 is 1.38 bits per heavy atom. The van der Waals surface area contributed by atoms with Crippen molar-refractivity contribution in [1.82, 2.24) is 4.98 Å². The van der Waals surface area contributed by atoms with Gasteiger partial charge in [0.1, 0.15) is 5.52 Å². The van der Waals surface area contributed by atoms with Gasteiger partial charge in [0, 0.05) is 6.07 Å². The Kier molecular flexibility index (Phi) is 1.73. The molecule has 0 saturated carbocycles. The van der Waals surface area contributed by atoms with Crippen LogP contribution in [0.25, 0.3) is 11.0 Å². The van der Waals surface area contributed by atoms with Crippen LogP contribution in [0.15, 0.2) is 29.1 Å². The van der Waals surface area contributed by atoms with Gasteiger partial charge in [0.05, 0.1) is 7.11 Å². The van der Waals surface area contributed by atoms with E-state index in [2.05, 4.69) is 9.97 Å². The van der Waals surface area contributed by atoms with Crippen LogP contribution in [-0.2, 0) is 0 Å². The monoisotopic (exact) mass is 177 g/mol. The van der Waals surface area contributed by atoms with Crippen LogP contribution in [0, 0.1) is 0 Å². The number of para-hydroxylation sites is 2. The molecule has 0 amide bonds. The molecule has 0 fully saturated rings. The maximum absolute atomic E-state index is 11.3. The zero-order chi connectivity index (χ0) is 9.26. The number of hydrogen-bond donors (Lipinski definition) is 1. The lowest BCUT2D eigenvalue weighted by atomic mass is 10.3. The zero-order valence-electron chi connectivity index (χ0n) is 7.13. The molecule has 4 nitrogen and oxygen atoms in total. The first kappa shape index (κ1) is 7.79. The highest BCUT2D eigenvalue weighted by molar-refractivity contribution is 5.69. The van der Waals surface area contributed by atoms with E-state index >= 15 is 0 Å². The quantitative estimate of drug-likeness (QED) is 0.683. The summed E-state index contributed by atoms with van der Waals surface area (Å²) in [4.78, 5) is 16.8. The summed E-state index contributed by atoms with van der Waals surface area (Å²) < 4.78 is 4.85. The standard InChI is InChI=1S/C9H8N2O2/c1-13-9-8(12)10-6-4-2-3-5-7(6)11-9/h2-5H,1H3,(H,10,12)/p+1. The summed E-state index contributed by atoms with van der Waals surface area (Å²) in [6.45, 7) is 0. The van der Waals surface area contributed by atoms with Crippen LogP contribution in [0.3, 0.4) is 0 Å². The van der Waals surface area contributed by atoms with E-state index in [0.29, 0.717) is 0 Å². The van der Waals surface area contributed by atoms with E-state index < -0.39 is 0 Å².